The minimum Gasteiger partial charge on any atom is -0.454 e. The van der Waals surface area contributed by atoms with Crippen molar-refractivity contribution in [1.29, 1.82) is 0 Å². The number of benzene rings is 2. The van der Waals surface area contributed by atoms with Crippen molar-refractivity contribution in [1.82, 2.24) is 10.2 Å². The summed E-state index contributed by atoms with van der Waals surface area (Å²) < 4.78 is 21.1. The molecule has 4 rings (SSSR count). The first-order valence-corrected chi connectivity index (χ1v) is 8.86. The maximum absolute atomic E-state index is 11.9. The summed E-state index contributed by atoms with van der Waals surface area (Å²) in [6.07, 6.45) is 2.83. The van der Waals surface area contributed by atoms with Gasteiger partial charge in [0.25, 0.3) is 5.89 Å². The standard InChI is InChI=1S/C19H12Cl2N2O5/c20-13-4-2-12(3-5-13)19-23-22-16(28-19)9-25-17(24)6-1-11-7-14(21)18-15(8-11)26-10-27-18/h1-8H,9-10H2/b6-1+. The van der Waals surface area contributed by atoms with Crippen LogP contribution in [0.15, 0.2) is 46.9 Å². The van der Waals surface area contributed by atoms with Gasteiger partial charge in [-0.15, -0.1) is 10.2 Å². The van der Waals surface area contributed by atoms with Crippen LogP contribution in [0.25, 0.3) is 17.5 Å². The number of hydrogen-bond acceptors (Lipinski definition) is 7. The lowest BCUT2D eigenvalue weighted by Gasteiger charge is -2.01. The van der Waals surface area contributed by atoms with Gasteiger partial charge in [-0.25, -0.2) is 4.79 Å². The predicted octanol–water partition coefficient (Wildman–Crippen LogP) is 4.53. The van der Waals surface area contributed by atoms with Gasteiger partial charge in [-0.05, 0) is 48.0 Å². The van der Waals surface area contributed by atoms with E-state index < -0.39 is 5.97 Å². The fourth-order valence-electron chi connectivity index (χ4n) is 2.45. The summed E-state index contributed by atoms with van der Waals surface area (Å²) in [7, 11) is 0. The molecule has 0 saturated heterocycles. The number of nitrogens with zero attached hydrogens (tertiary/aromatic N) is 2. The molecule has 28 heavy (non-hydrogen) atoms. The molecule has 0 radical (unpaired) electrons. The van der Waals surface area contributed by atoms with Crippen molar-refractivity contribution in [2.75, 3.05) is 6.79 Å². The van der Waals surface area contributed by atoms with E-state index in [-0.39, 0.29) is 19.3 Å². The molecule has 0 spiro atoms. The molecule has 0 aliphatic carbocycles. The zero-order chi connectivity index (χ0) is 19.5. The average Bonchev–Trinajstić information content (AvgIpc) is 3.35. The van der Waals surface area contributed by atoms with Gasteiger partial charge < -0.3 is 18.6 Å². The molecule has 0 N–H and O–H groups in total. The number of fused-ring (bicyclic) bond motifs is 1. The zero-order valence-electron chi connectivity index (χ0n) is 14.2. The molecule has 2 heterocycles. The van der Waals surface area contributed by atoms with Crippen molar-refractivity contribution in [3.63, 3.8) is 0 Å². The first-order chi connectivity index (χ1) is 13.6. The Labute approximate surface area is 169 Å². The largest absolute Gasteiger partial charge is 0.454 e. The fraction of sp³-hybridized carbons (Fsp3) is 0.105. The van der Waals surface area contributed by atoms with Crippen LogP contribution < -0.4 is 9.47 Å². The first kappa shape index (κ1) is 18.3. The Bertz CT molecular complexity index is 1050. The Morgan fingerprint density at radius 3 is 2.79 bits per heavy atom. The predicted molar refractivity (Wildman–Crippen MR) is 101 cm³/mol. The number of ether oxygens (including phenoxy) is 3. The van der Waals surface area contributed by atoms with Gasteiger partial charge in [0.2, 0.25) is 12.7 Å². The number of halogens is 2. The Hall–Kier alpha value is -3.03. The van der Waals surface area contributed by atoms with E-state index in [0.29, 0.717) is 38.6 Å². The zero-order valence-corrected chi connectivity index (χ0v) is 15.7. The van der Waals surface area contributed by atoms with Gasteiger partial charge in [-0.2, -0.15) is 0 Å². The molecular formula is C19H12Cl2N2O5. The van der Waals surface area contributed by atoms with Crippen LogP contribution in [0, 0.1) is 0 Å². The van der Waals surface area contributed by atoms with Crippen LogP contribution in [-0.4, -0.2) is 23.0 Å². The summed E-state index contributed by atoms with van der Waals surface area (Å²) in [4.78, 5) is 11.9. The molecule has 9 heteroatoms. The third kappa shape index (κ3) is 4.11. The Kier molecular flexibility index (Phi) is 5.18. The van der Waals surface area contributed by atoms with Crippen molar-refractivity contribution in [3.05, 3.63) is 64.0 Å². The molecule has 0 bridgehead atoms. The third-order valence-corrected chi connectivity index (χ3v) is 4.29. The molecule has 3 aromatic rings. The van der Waals surface area contributed by atoms with Crippen LogP contribution in [0.1, 0.15) is 11.5 Å². The second-order valence-corrected chi connectivity index (χ2v) is 6.53. The molecule has 2 aromatic carbocycles. The monoisotopic (exact) mass is 418 g/mol. The summed E-state index contributed by atoms with van der Waals surface area (Å²) in [5.41, 5.74) is 1.39. The van der Waals surface area contributed by atoms with Gasteiger partial charge >= 0.3 is 5.97 Å². The van der Waals surface area contributed by atoms with Gasteiger partial charge in [-0.1, -0.05) is 23.2 Å². The molecule has 142 valence electrons. The van der Waals surface area contributed by atoms with Crippen LogP contribution >= 0.6 is 23.2 Å². The minimum absolute atomic E-state index is 0.118. The minimum atomic E-state index is -0.569. The lowest BCUT2D eigenvalue weighted by Crippen LogP contribution is -2.00. The van der Waals surface area contributed by atoms with E-state index in [1.54, 1.807) is 42.5 Å². The van der Waals surface area contributed by atoms with Gasteiger partial charge in [0.05, 0.1) is 5.02 Å². The van der Waals surface area contributed by atoms with Crippen molar-refractivity contribution in [2.45, 2.75) is 6.61 Å². The van der Waals surface area contributed by atoms with Crippen molar-refractivity contribution in [2.24, 2.45) is 0 Å². The fourth-order valence-corrected chi connectivity index (χ4v) is 2.85. The molecular weight excluding hydrogens is 407 g/mol. The third-order valence-electron chi connectivity index (χ3n) is 3.76. The molecule has 0 fully saturated rings. The van der Waals surface area contributed by atoms with Gasteiger partial charge in [0.15, 0.2) is 18.1 Å². The summed E-state index contributed by atoms with van der Waals surface area (Å²) >= 11 is 12.0. The van der Waals surface area contributed by atoms with Gasteiger partial charge in [0.1, 0.15) is 0 Å². The highest BCUT2D eigenvalue weighted by atomic mass is 35.5. The highest BCUT2D eigenvalue weighted by Gasteiger charge is 2.17. The van der Waals surface area contributed by atoms with Crippen LogP contribution in [0.4, 0.5) is 0 Å². The van der Waals surface area contributed by atoms with Crippen LogP contribution in [-0.2, 0) is 16.1 Å². The number of rotatable bonds is 5. The highest BCUT2D eigenvalue weighted by Crippen LogP contribution is 2.40. The van der Waals surface area contributed by atoms with Crippen molar-refractivity contribution in [3.8, 4) is 23.0 Å². The number of carbonyl (C=O) groups excluding carboxylic acids is 1. The second kappa shape index (κ2) is 7.92. The normalized spacial score (nSPS) is 12.5. The van der Waals surface area contributed by atoms with Crippen molar-refractivity contribution >= 4 is 35.2 Å². The molecule has 1 aliphatic heterocycles. The maximum Gasteiger partial charge on any atom is 0.331 e. The summed E-state index contributed by atoms with van der Waals surface area (Å²) in [6, 6.07) is 10.3. The van der Waals surface area contributed by atoms with Crippen LogP contribution in [0.2, 0.25) is 10.0 Å². The molecule has 0 amide bonds. The number of aromatic nitrogens is 2. The van der Waals surface area contributed by atoms with Crippen LogP contribution in [0.5, 0.6) is 11.5 Å². The topological polar surface area (TPSA) is 83.7 Å². The first-order valence-electron chi connectivity index (χ1n) is 8.11. The molecule has 7 nitrogen and oxygen atoms in total. The van der Waals surface area contributed by atoms with Gasteiger partial charge in [0, 0.05) is 16.7 Å². The van der Waals surface area contributed by atoms with Crippen LogP contribution in [0.3, 0.4) is 0 Å². The molecule has 0 saturated carbocycles. The smallest absolute Gasteiger partial charge is 0.331 e. The van der Waals surface area contributed by atoms with E-state index in [2.05, 4.69) is 10.2 Å². The van der Waals surface area contributed by atoms with Crippen molar-refractivity contribution < 1.29 is 23.4 Å². The number of hydrogen-bond donors (Lipinski definition) is 0. The molecule has 0 atom stereocenters. The number of esters is 1. The van der Waals surface area contributed by atoms with Gasteiger partial charge in [-0.3, -0.25) is 0 Å². The molecule has 0 unspecified atom stereocenters. The van der Waals surface area contributed by atoms with E-state index in [9.17, 15) is 4.79 Å². The van der Waals surface area contributed by atoms with E-state index in [4.69, 9.17) is 41.8 Å². The summed E-state index contributed by atoms with van der Waals surface area (Å²) in [5, 5.41) is 8.79. The quantitative estimate of drug-likeness (QED) is 0.444. The number of carbonyl (C=O) groups is 1. The SMILES string of the molecule is O=C(/C=C/c1cc(Cl)c2c(c1)OCO2)OCc1nnc(-c2ccc(Cl)cc2)o1. The van der Waals surface area contributed by atoms with E-state index in [1.165, 1.54) is 6.08 Å². The Morgan fingerprint density at radius 2 is 1.96 bits per heavy atom. The second-order valence-electron chi connectivity index (χ2n) is 5.69. The highest BCUT2D eigenvalue weighted by molar-refractivity contribution is 6.32. The van der Waals surface area contributed by atoms with E-state index >= 15 is 0 Å². The maximum atomic E-state index is 11.9. The summed E-state index contributed by atoms with van der Waals surface area (Å²) in [5.74, 6) is 0.946. The van der Waals surface area contributed by atoms with E-state index in [1.807, 2.05) is 0 Å². The van der Waals surface area contributed by atoms with E-state index in [0.717, 1.165) is 0 Å². The average molecular weight is 419 g/mol. The Balaban J connectivity index is 1.35. The Morgan fingerprint density at radius 1 is 1.14 bits per heavy atom. The lowest BCUT2D eigenvalue weighted by molar-refractivity contribution is -0.139. The molecule has 1 aromatic heterocycles. The molecule has 1 aliphatic rings. The lowest BCUT2D eigenvalue weighted by atomic mass is 10.2. The summed E-state index contributed by atoms with van der Waals surface area (Å²) in [6.45, 7) is -0.0297.